The predicted octanol–water partition coefficient (Wildman–Crippen LogP) is 2.25. The molecule has 1 unspecified atom stereocenters. The highest BCUT2D eigenvalue weighted by Crippen LogP contribution is 2.34. The number of nitrogens with one attached hydrogen (secondary N) is 1. The first-order chi connectivity index (χ1) is 7.47. The Morgan fingerprint density at radius 1 is 1.38 bits per heavy atom. The molecule has 0 aliphatic rings. The van der Waals surface area contributed by atoms with Crippen LogP contribution in [-0.4, -0.2) is 29.5 Å². The average molecular weight is 361 g/mol. The van der Waals surface area contributed by atoms with Crippen molar-refractivity contribution in [1.29, 1.82) is 0 Å². The molecule has 0 saturated carbocycles. The molecule has 7 heteroatoms. The van der Waals surface area contributed by atoms with E-state index in [0.29, 0.717) is 4.47 Å². The summed E-state index contributed by atoms with van der Waals surface area (Å²) in [6.45, 7) is -0.384. The van der Waals surface area contributed by atoms with Crippen LogP contribution in [0.15, 0.2) is 15.0 Å². The van der Waals surface area contributed by atoms with Gasteiger partial charge in [0.1, 0.15) is 0 Å². The summed E-state index contributed by atoms with van der Waals surface area (Å²) in [4.78, 5) is 0. The molecule has 1 aromatic carbocycles. The minimum atomic E-state index is -1.01. The molecule has 0 spiro atoms. The lowest BCUT2D eigenvalue weighted by Crippen LogP contribution is -2.23. The minimum Gasteiger partial charge on any atom is -0.394 e. The predicted molar refractivity (Wildman–Crippen MR) is 63.3 cm³/mol. The van der Waals surface area contributed by atoms with Gasteiger partial charge in [-0.05, 0) is 37.9 Å². The third kappa shape index (κ3) is 3.13. The maximum atomic E-state index is 13.2. The number of halogens is 4. The second-order valence-electron chi connectivity index (χ2n) is 3.06. The molecule has 0 radical (unpaired) electrons. The standard InChI is InChI=1S/C9H9Br2F2NO2/c10-5-1-6(12)8(13)7(11)9(5)14-2-4(16)3-15/h1,4,14-16H,2-3H2. The van der Waals surface area contributed by atoms with E-state index in [-0.39, 0.29) is 16.7 Å². The van der Waals surface area contributed by atoms with Crippen LogP contribution >= 0.6 is 31.9 Å². The minimum absolute atomic E-state index is 0.0266. The third-order valence-corrected chi connectivity index (χ3v) is 3.21. The van der Waals surface area contributed by atoms with Gasteiger partial charge >= 0.3 is 0 Å². The van der Waals surface area contributed by atoms with E-state index in [2.05, 4.69) is 37.2 Å². The summed E-state index contributed by atoms with van der Waals surface area (Å²) in [5.74, 6) is -1.99. The van der Waals surface area contributed by atoms with Crippen molar-refractivity contribution < 1.29 is 19.0 Å². The second kappa shape index (κ2) is 5.90. The van der Waals surface area contributed by atoms with E-state index in [9.17, 15) is 8.78 Å². The molecule has 0 amide bonds. The van der Waals surface area contributed by atoms with Crippen molar-refractivity contribution in [2.75, 3.05) is 18.5 Å². The van der Waals surface area contributed by atoms with Crippen LogP contribution in [-0.2, 0) is 0 Å². The molecule has 0 fully saturated rings. The SMILES string of the molecule is OCC(O)CNc1c(Br)cc(F)c(F)c1Br. The first-order valence-electron chi connectivity index (χ1n) is 4.33. The molecular weight excluding hydrogens is 352 g/mol. The van der Waals surface area contributed by atoms with Crippen LogP contribution in [0.2, 0.25) is 0 Å². The van der Waals surface area contributed by atoms with Crippen molar-refractivity contribution in [3.63, 3.8) is 0 Å². The van der Waals surface area contributed by atoms with Crippen LogP contribution in [0.3, 0.4) is 0 Å². The van der Waals surface area contributed by atoms with Gasteiger partial charge in [0, 0.05) is 11.0 Å². The maximum Gasteiger partial charge on any atom is 0.175 e. The highest BCUT2D eigenvalue weighted by Gasteiger charge is 2.15. The summed E-state index contributed by atoms with van der Waals surface area (Å²) in [6.07, 6.45) is -0.966. The van der Waals surface area contributed by atoms with Gasteiger partial charge in [0.15, 0.2) is 11.6 Å². The third-order valence-electron chi connectivity index (χ3n) is 1.84. The average Bonchev–Trinajstić information content (AvgIpc) is 2.25. The maximum absolute atomic E-state index is 13.2. The number of hydrogen-bond donors (Lipinski definition) is 3. The van der Waals surface area contributed by atoms with E-state index in [4.69, 9.17) is 10.2 Å². The zero-order valence-corrected chi connectivity index (χ0v) is 11.1. The summed E-state index contributed by atoms with van der Waals surface area (Å²) >= 11 is 5.96. The molecule has 0 aromatic heterocycles. The summed E-state index contributed by atoms with van der Waals surface area (Å²) in [7, 11) is 0. The van der Waals surface area contributed by atoms with Crippen molar-refractivity contribution in [2.45, 2.75) is 6.10 Å². The molecule has 1 aromatic rings. The van der Waals surface area contributed by atoms with Crippen molar-refractivity contribution >= 4 is 37.5 Å². The highest BCUT2D eigenvalue weighted by molar-refractivity contribution is 9.11. The number of anilines is 1. The topological polar surface area (TPSA) is 52.5 Å². The zero-order valence-electron chi connectivity index (χ0n) is 7.98. The molecule has 0 aliphatic heterocycles. The molecule has 0 saturated heterocycles. The number of rotatable bonds is 4. The Bertz CT molecular complexity index is 390. The number of aliphatic hydroxyl groups excluding tert-OH is 2. The van der Waals surface area contributed by atoms with E-state index < -0.39 is 24.3 Å². The van der Waals surface area contributed by atoms with E-state index >= 15 is 0 Å². The lowest BCUT2D eigenvalue weighted by Gasteiger charge is -2.14. The fourth-order valence-corrected chi connectivity index (χ4v) is 2.36. The Balaban J connectivity index is 2.92. The van der Waals surface area contributed by atoms with Crippen LogP contribution < -0.4 is 5.32 Å². The first kappa shape index (κ1) is 13.8. The van der Waals surface area contributed by atoms with Crippen LogP contribution in [0, 0.1) is 11.6 Å². The Morgan fingerprint density at radius 3 is 2.56 bits per heavy atom. The molecule has 16 heavy (non-hydrogen) atoms. The molecule has 1 atom stereocenters. The van der Waals surface area contributed by atoms with Crippen molar-refractivity contribution in [1.82, 2.24) is 0 Å². The fraction of sp³-hybridized carbons (Fsp3) is 0.333. The Morgan fingerprint density at radius 2 is 2.00 bits per heavy atom. The molecular formula is C9H9Br2F2NO2. The molecule has 0 heterocycles. The van der Waals surface area contributed by atoms with Gasteiger partial charge in [0.25, 0.3) is 0 Å². The highest BCUT2D eigenvalue weighted by atomic mass is 79.9. The summed E-state index contributed by atoms with van der Waals surface area (Å²) in [6, 6.07) is 0.980. The number of hydrogen-bond acceptors (Lipinski definition) is 3. The first-order valence-corrected chi connectivity index (χ1v) is 5.91. The van der Waals surface area contributed by atoms with Crippen molar-refractivity contribution in [3.05, 3.63) is 26.6 Å². The quantitative estimate of drug-likeness (QED) is 0.570. The van der Waals surface area contributed by atoms with Gasteiger partial charge in [-0.3, -0.25) is 0 Å². The summed E-state index contributed by atoms with van der Waals surface area (Å²) < 4.78 is 26.4. The van der Waals surface area contributed by atoms with Crippen molar-refractivity contribution in [3.8, 4) is 0 Å². The molecule has 3 N–H and O–H groups in total. The van der Waals surface area contributed by atoms with Crippen LogP contribution in [0.25, 0.3) is 0 Å². The lowest BCUT2D eigenvalue weighted by atomic mass is 10.3. The van der Waals surface area contributed by atoms with Crippen LogP contribution in [0.4, 0.5) is 14.5 Å². The van der Waals surface area contributed by atoms with Crippen molar-refractivity contribution in [2.24, 2.45) is 0 Å². The fourth-order valence-electron chi connectivity index (χ4n) is 1.01. The Kier molecular flexibility index (Phi) is 5.10. The van der Waals surface area contributed by atoms with Crippen LogP contribution in [0.5, 0.6) is 0 Å². The van der Waals surface area contributed by atoms with Gasteiger partial charge < -0.3 is 15.5 Å². The number of aliphatic hydroxyl groups is 2. The molecule has 0 bridgehead atoms. The molecule has 3 nitrogen and oxygen atoms in total. The monoisotopic (exact) mass is 359 g/mol. The van der Waals surface area contributed by atoms with Gasteiger partial charge in [-0.2, -0.15) is 0 Å². The second-order valence-corrected chi connectivity index (χ2v) is 4.71. The molecule has 1 rings (SSSR count). The van der Waals surface area contributed by atoms with E-state index in [1.54, 1.807) is 0 Å². The van der Waals surface area contributed by atoms with Gasteiger partial charge in [0.2, 0.25) is 0 Å². The van der Waals surface area contributed by atoms with E-state index in [0.717, 1.165) is 6.07 Å². The Hall–Kier alpha value is -0.240. The summed E-state index contributed by atoms with van der Waals surface area (Å²) in [5, 5.41) is 20.4. The van der Waals surface area contributed by atoms with E-state index in [1.165, 1.54) is 0 Å². The largest absolute Gasteiger partial charge is 0.394 e. The van der Waals surface area contributed by atoms with Gasteiger partial charge in [-0.15, -0.1) is 0 Å². The smallest absolute Gasteiger partial charge is 0.175 e. The zero-order chi connectivity index (χ0) is 12.3. The van der Waals surface area contributed by atoms with Gasteiger partial charge in [0.05, 0.1) is 22.9 Å². The van der Waals surface area contributed by atoms with Gasteiger partial charge in [-0.25, -0.2) is 8.78 Å². The van der Waals surface area contributed by atoms with Crippen LogP contribution in [0.1, 0.15) is 0 Å². The van der Waals surface area contributed by atoms with E-state index in [1.807, 2.05) is 0 Å². The lowest BCUT2D eigenvalue weighted by molar-refractivity contribution is 0.105. The Labute approximate surface area is 108 Å². The van der Waals surface area contributed by atoms with Gasteiger partial charge in [-0.1, -0.05) is 0 Å². The number of benzene rings is 1. The normalized spacial score (nSPS) is 12.6. The molecule has 90 valence electrons. The molecule has 0 aliphatic carbocycles. The summed E-state index contributed by atoms with van der Waals surface area (Å²) in [5.41, 5.74) is 0.284.